The first-order valence-corrected chi connectivity index (χ1v) is 12.9. The Morgan fingerprint density at radius 3 is 2.39 bits per heavy atom. The number of nitrogens with zero attached hydrogens (tertiary/aromatic N) is 3. The van der Waals surface area contributed by atoms with Gasteiger partial charge in [-0.15, -0.1) is 0 Å². The Morgan fingerprint density at radius 1 is 1.06 bits per heavy atom. The van der Waals surface area contributed by atoms with Gasteiger partial charge in [0, 0.05) is 31.7 Å². The Balaban J connectivity index is 1.84. The summed E-state index contributed by atoms with van der Waals surface area (Å²) in [6.07, 6.45) is 0.325. The lowest BCUT2D eigenvalue weighted by atomic mass is 10.1. The van der Waals surface area contributed by atoms with Crippen LogP contribution in [-0.4, -0.2) is 54.1 Å². The van der Waals surface area contributed by atoms with Crippen molar-refractivity contribution >= 4 is 5.88 Å². The minimum absolute atomic E-state index is 0.209. The molecular formula is C29H40FN3O3. The Hall–Kier alpha value is -2.90. The zero-order chi connectivity index (χ0) is 26.1. The van der Waals surface area contributed by atoms with Gasteiger partial charge in [0.05, 0.1) is 5.56 Å². The first-order valence-electron chi connectivity index (χ1n) is 12.9. The predicted molar refractivity (Wildman–Crippen MR) is 143 cm³/mol. The highest BCUT2D eigenvalue weighted by Crippen LogP contribution is 2.33. The van der Waals surface area contributed by atoms with Gasteiger partial charge >= 0.3 is 0 Å². The second-order valence-corrected chi connectivity index (χ2v) is 9.64. The first kappa shape index (κ1) is 27.7. The van der Waals surface area contributed by atoms with Gasteiger partial charge in [-0.3, -0.25) is 4.90 Å². The molecule has 1 aromatic heterocycles. The van der Waals surface area contributed by atoms with Crippen LogP contribution < -0.4 is 9.64 Å². The third kappa shape index (κ3) is 7.55. The fourth-order valence-corrected chi connectivity index (χ4v) is 4.19. The summed E-state index contributed by atoms with van der Waals surface area (Å²) in [5.74, 6) is 1.74. The number of ether oxygens (including phenoxy) is 1. The van der Waals surface area contributed by atoms with Gasteiger partial charge < -0.3 is 19.3 Å². The molecule has 6 nitrogen and oxygen atoms in total. The van der Waals surface area contributed by atoms with Crippen LogP contribution in [0, 0.1) is 18.7 Å². The minimum Gasteiger partial charge on any atom is -0.491 e. The number of aliphatic hydroxyl groups excluding tert-OH is 1. The van der Waals surface area contributed by atoms with Crippen LogP contribution in [0.2, 0.25) is 0 Å². The number of anilines is 1. The van der Waals surface area contributed by atoms with E-state index in [2.05, 4.69) is 42.7 Å². The van der Waals surface area contributed by atoms with Crippen LogP contribution >= 0.6 is 0 Å². The summed E-state index contributed by atoms with van der Waals surface area (Å²) in [5.41, 5.74) is 3.50. The van der Waals surface area contributed by atoms with Gasteiger partial charge in [-0.2, -0.15) is 0 Å². The van der Waals surface area contributed by atoms with E-state index in [-0.39, 0.29) is 12.4 Å². The maximum absolute atomic E-state index is 13.6. The number of aryl methyl sites for hydroxylation is 1. The number of hydrogen-bond acceptors (Lipinski definition) is 6. The molecular weight excluding hydrogens is 457 g/mol. The lowest BCUT2D eigenvalue weighted by Crippen LogP contribution is -2.37. The monoisotopic (exact) mass is 497 g/mol. The summed E-state index contributed by atoms with van der Waals surface area (Å²) in [7, 11) is 0. The van der Waals surface area contributed by atoms with Crippen molar-refractivity contribution in [2.45, 2.75) is 53.7 Å². The Morgan fingerprint density at radius 2 is 1.75 bits per heavy atom. The smallest absolute Gasteiger partial charge is 0.232 e. The van der Waals surface area contributed by atoms with E-state index in [9.17, 15) is 9.50 Å². The molecule has 0 aliphatic heterocycles. The Labute approximate surface area is 214 Å². The maximum Gasteiger partial charge on any atom is 0.232 e. The highest BCUT2D eigenvalue weighted by molar-refractivity contribution is 5.68. The SMILES string of the molecule is CCN(CC)c1onc(-c2ccc(F)cc2)c1CN(CCC(C)C)CC(O)COc1ccccc1C. The van der Waals surface area contributed by atoms with Crippen molar-refractivity contribution in [1.29, 1.82) is 0 Å². The van der Waals surface area contributed by atoms with E-state index >= 15 is 0 Å². The van der Waals surface area contributed by atoms with Crippen molar-refractivity contribution < 1.29 is 18.8 Å². The third-order valence-corrected chi connectivity index (χ3v) is 6.33. The molecule has 0 aliphatic rings. The zero-order valence-electron chi connectivity index (χ0n) is 22.2. The zero-order valence-corrected chi connectivity index (χ0v) is 22.2. The van der Waals surface area contributed by atoms with E-state index in [1.807, 2.05) is 31.2 Å². The number of aromatic nitrogens is 1. The third-order valence-electron chi connectivity index (χ3n) is 6.33. The van der Waals surface area contributed by atoms with Crippen LogP contribution in [-0.2, 0) is 6.54 Å². The molecule has 0 aliphatic carbocycles. The number of rotatable bonds is 14. The number of para-hydroxylation sites is 1. The molecule has 1 heterocycles. The van der Waals surface area contributed by atoms with Gasteiger partial charge in [-0.05, 0) is 75.5 Å². The molecule has 0 amide bonds. The van der Waals surface area contributed by atoms with Gasteiger partial charge in [-0.25, -0.2) is 4.39 Å². The number of aliphatic hydroxyl groups is 1. The van der Waals surface area contributed by atoms with Gasteiger partial charge in [0.25, 0.3) is 0 Å². The fraction of sp³-hybridized carbons (Fsp3) is 0.483. The van der Waals surface area contributed by atoms with E-state index in [0.717, 1.165) is 54.4 Å². The second-order valence-electron chi connectivity index (χ2n) is 9.64. The number of hydrogen-bond donors (Lipinski definition) is 1. The average Bonchev–Trinajstić information content (AvgIpc) is 3.26. The van der Waals surface area contributed by atoms with E-state index < -0.39 is 6.10 Å². The van der Waals surface area contributed by atoms with Crippen molar-refractivity contribution in [3.63, 3.8) is 0 Å². The van der Waals surface area contributed by atoms with Crippen LogP contribution in [0.15, 0.2) is 53.1 Å². The van der Waals surface area contributed by atoms with Crippen LogP contribution in [0.3, 0.4) is 0 Å². The summed E-state index contributed by atoms with van der Waals surface area (Å²) in [4.78, 5) is 4.37. The molecule has 0 bridgehead atoms. The molecule has 0 fully saturated rings. The van der Waals surface area contributed by atoms with Crippen molar-refractivity contribution in [1.82, 2.24) is 10.1 Å². The molecule has 3 aromatic rings. The summed E-state index contributed by atoms with van der Waals surface area (Å²) in [6, 6.07) is 14.1. The number of halogens is 1. The summed E-state index contributed by atoms with van der Waals surface area (Å²) in [5, 5.41) is 15.3. The molecule has 3 rings (SSSR count). The van der Waals surface area contributed by atoms with E-state index in [0.29, 0.717) is 24.7 Å². The van der Waals surface area contributed by atoms with Crippen LogP contribution in [0.25, 0.3) is 11.3 Å². The molecule has 0 saturated heterocycles. The largest absolute Gasteiger partial charge is 0.491 e. The van der Waals surface area contributed by atoms with Gasteiger partial charge in [0.2, 0.25) is 5.88 Å². The quantitative estimate of drug-likeness (QED) is 0.298. The molecule has 2 aromatic carbocycles. The maximum atomic E-state index is 13.6. The van der Waals surface area contributed by atoms with Crippen LogP contribution in [0.1, 0.15) is 45.2 Å². The molecule has 0 radical (unpaired) electrons. The highest BCUT2D eigenvalue weighted by atomic mass is 19.1. The number of benzene rings is 2. The Bertz CT molecular complexity index is 1060. The minimum atomic E-state index is -0.664. The van der Waals surface area contributed by atoms with Crippen molar-refractivity contribution in [2.24, 2.45) is 5.92 Å². The normalized spacial score (nSPS) is 12.4. The van der Waals surface area contributed by atoms with Gasteiger partial charge in [-0.1, -0.05) is 37.2 Å². The van der Waals surface area contributed by atoms with Gasteiger partial charge in [0.15, 0.2) is 0 Å². The molecule has 1 atom stereocenters. The average molecular weight is 498 g/mol. The van der Waals surface area contributed by atoms with Crippen molar-refractivity contribution in [3.05, 3.63) is 65.5 Å². The van der Waals surface area contributed by atoms with E-state index in [1.54, 1.807) is 12.1 Å². The lowest BCUT2D eigenvalue weighted by Gasteiger charge is -2.27. The van der Waals surface area contributed by atoms with Crippen LogP contribution in [0.4, 0.5) is 10.3 Å². The van der Waals surface area contributed by atoms with E-state index in [1.165, 1.54) is 12.1 Å². The van der Waals surface area contributed by atoms with Crippen molar-refractivity contribution in [2.75, 3.05) is 37.7 Å². The van der Waals surface area contributed by atoms with Crippen molar-refractivity contribution in [3.8, 4) is 17.0 Å². The molecule has 1 N–H and O–H groups in total. The first-order chi connectivity index (χ1) is 17.3. The van der Waals surface area contributed by atoms with Gasteiger partial charge in [0.1, 0.15) is 30.0 Å². The highest BCUT2D eigenvalue weighted by Gasteiger charge is 2.24. The summed E-state index contributed by atoms with van der Waals surface area (Å²) >= 11 is 0. The molecule has 7 heteroatoms. The molecule has 0 saturated carbocycles. The molecule has 1 unspecified atom stereocenters. The second kappa shape index (κ2) is 13.4. The van der Waals surface area contributed by atoms with E-state index in [4.69, 9.17) is 9.26 Å². The van der Waals surface area contributed by atoms with Crippen LogP contribution in [0.5, 0.6) is 5.75 Å². The standard InChI is InChI=1S/C29H40FN3O3/c1-6-33(7-2)29-26(28(31-36-29)23-12-14-24(30)15-13-23)19-32(17-16-21(3)4)18-25(34)20-35-27-11-9-8-10-22(27)5/h8-15,21,25,34H,6-7,16-20H2,1-5H3. The molecule has 196 valence electrons. The topological polar surface area (TPSA) is 62.0 Å². The molecule has 36 heavy (non-hydrogen) atoms. The summed E-state index contributed by atoms with van der Waals surface area (Å²) < 4.78 is 25.3. The predicted octanol–water partition coefficient (Wildman–Crippen LogP) is 5.92. The lowest BCUT2D eigenvalue weighted by molar-refractivity contribution is 0.0637. The summed E-state index contributed by atoms with van der Waals surface area (Å²) in [6.45, 7) is 14.1. The fourth-order valence-electron chi connectivity index (χ4n) is 4.19. The Kier molecular flexibility index (Phi) is 10.3. The molecule has 0 spiro atoms.